The molecule has 154 valence electrons. The summed E-state index contributed by atoms with van der Waals surface area (Å²) < 4.78 is 5.57. The summed E-state index contributed by atoms with van der Waals surface area (Å²) in [7, 11) is 0. The number of nitrogens with one attached hydrogen (secondary N) is 1. The summed E-state index contributed by atoms with van der Waals surface area (Å²) in [5.41, 5.74) is 2.31. The number of rotatable bonds is 4. The monoisotopic (exact) mass is 394 g/mol. The normalized spacial score (nSPS) is 22.3. The quantitative estimate of drug-likeness (QED) is 0.858. The number of ether oxygens (including phenoxy) is 1. The zero-order valence-electron chi connectivity index (χ0n) is 17.0. The van der Waals surface area contributed by atoms with Crippen LogP contribution in [0.4, 0.5) is 0 Å². The highest BCUT2D eigenvalue weighted by Crippen LogP contribution is 2.32. The molecule has 5 rings (SSSR count). The highest BCUT2D eigenvalue weighted by molar-refractivity contribution is 5.79. The standard InChI is InChI=1S/C23H30N4O2/c28-21(14-16-8-9-20-18(13-16)10-12-29-20)27-11-4-7-19(15-27)23-24-22(25-26-23)17-5-2-1-3-6-17/h8-9,13,17,19H,1-7,10-12,14-15H2,(H,24,25,26). The Morgan fingerprint density at radius 1 is 1.14 bits per heavy atom. The number of fused-ring (bicyclic) bond motifs is 1. The van der Waals surface area contributed by atoms with E-state index in [1.165, 1.54) is 37.7 Å². The lowest BCUT2D eigenvalue weighted by Gasteiger charge is -2.31. The number of H-pyrrole nitrogens is 1. The summed E-state index contributed by atoms with van der Waals surface area (Å²) in [6, 6.07) is 6.16. The Morgan fingerprint density at radius 2 is 2.00 bits per heavy atom. The molecule has 1 amide bonds. The van der Waals surface area contributed by atoms with E-state index < -0.39 is 0 Å². The average Bonchev–Trinajstić information content (AvgIpc) is 3.44. The van der Waals surface area contributed by atoms with Gasteiger partial charge in [-0.1, -0.05) is 31.4 Å². The van der Waals surface area contributed by atoms with E-state index in [-0.39, 0.29) is 11.8 Å². The molecular weight excluding hydrogens is 364 g/mol. The molecule has 0 radical (unpaired) electrons. The lowest BCUT2D eigenvalue weighted by atomic mass is 9.89. The lowest BCUT2D eigenvalue weighted by molar-refractivity contribution is -0.131. The topological polar surface area (TPSA) is 71.1 Å². The third kappa shape index (κ3) is 4.02. The molecule has 0 bridgehead atoms. The van der Waals surface area contributed by atoms with Crippen LogP contribution in [0.5, 0.6) is 5.75 Å². The molecule has 1 saturated carbocycles. The third-order valence-electron chi connectivity index (χ3n) is 6.76. The van der Waals surface area contributed by atoms with Crippen LogP contribution in [0, 0.1) is 0 Å². The molecule has 6 nitrogen and oxygen atoms in total. The maximum Gasteiger partial charge on any atom is 0.227 e. The molecule has 2 fully saturated rings. The number of nitrogens with zero attached hydrogens (tertiary/aromatic N) is 3. The highest BCUT2D eigenvalue weighted by atomic mass is 16.5. The number of hydrogen-bond donors (Lipinski definition) is 1. The van der Waals surface area contributed by atoms with Gasteiger partial charge in [-0.2, -0.15) is 5.10 Å². The van der Waals surface area contributed by atoms with Crippen molar-refractivity contribution in [2.45, 2.75) is 69.6 Å². The Balaban J connectivity index is 1.22. The van der Waals surface area contributed by atoms with Gasteiger partial charge in [0, 0.05) is 31.3 Å². The number of benzene rings is 1. The maximum absolute atomic E-state index is 12.9. The van der Waals surface area contributed by atoms with Crippen LogP contribution in [-0.2, 0) is 17.6 Å². The zero-order chi connectivity index (χ0) is 19.6. The van der Waals surface area contributed by atoms with Gasteiger partial charge in [-0.15, -0.1) is 0 Å². The van der Waals surface area contributed by atoms with E-state index in [1.807, 2.05) is 17.0 Å². The first-order valence-corrected chi connectivity index (χ1v) is 11.2. The number of carbonyl (C=O) groups excluding carboxylic acids is 1. The van der Waals surface area contributed by atoms with Crippen molar-refractivity contribution in [1.82, 2.24) is 20.1 Å². The molecule has 2 aromatic rings. The molecule has 29 heavy (non-hydrogen) atoms. The fourth-order valence-corrected chi connectivity index (χ4v) is 5.08. The van der Waals surface area contributed by atoms with Crippen molar-refractivity contribution in [1.29, 1.82) is 0 Å². The minimum atomic E-state index is 0.205. The van der Waals surface area contributed by atoms with Gasteiger partial charge in [-0.3, -0.25) is 9.89 Å². The average molecular weight is 395 g/mol. The summed E-state index contributed by atoms with van der Waals surface area (Å²) in [5, 5.41) is 7.75. The first-order chi connectivity index (χ1) is 14.3. The molecule has 1 unspecified atom stereocenters. The SMILES string of the molecule is O=C(Cc1ccc2c(c1)CCO2)N1CCCC(c2n[nH]c(C3CCCCC3)n2)C1. The first kappa shape index (κ1) is 18.6. The number of hydrogen-bond acceptors (Lipinski definition) is 4. The zero-order valence-corrected chi connectivity index (χ0v) is 17.0. The molecule has 2 aliphatic heterocycles. The molecule has 3 aliphatic rings. The van der Waals surface area contributed by atoms with E-state index >= 15 is 0 Å². The van der Waals surface area contributed by atoms with Gasteiger partial charge in [-0.05, 0) is 42.9 Å². The van der Waals surface area contributed by atoms with E-state index in [9.17, 15) is 4.79 Å². The van der Waals surface area contributed by atoms with Crippen molar-refractivity contribution < 1.29 is 9.53 Å². The molecule has 1 aliphatic carbocycles. The minimum absolute atomic E-state index is 0.205. The van der Waals surface area contributed by atoms with Gasteiger partial charge >= 0.3 is 0 Å². The van der Waals surface area contributed by atoms with Crippen molar-refractivity contribution in [3.63, 3.8) is 0 Å². The number of likely N-dealkylation sites (tertiary alicyclic amines) is 1. The molecule has 1 aromatic carbocycles. The van der Waals surface area contributed by atoms with Crippen LogP contribution >= 0.6 is 0 Å². The summed E-state index contributed by atoms with van der Waals surface area (Å²) in [5.74, 6) is 3.92. The number of carbonyl (C=O) groups is 1. The van der Waals surface area contributed by atoms with E-state index in [4.69, 9.17) is 9.72 Å². The van der Waals surface area contributed by atoms with Gasteiger partial charge in [0.25, 0.3) is 0 Å². The Morgan fingerprint density at radius 3 is 2.90 bits per heavy atom. The summed E-state index contributed by atoms with van der Waals surface area (Å²) in [6.45, 7) is 2.32. The molecule has 1 N–H and O–H groups in total. The first-order valence-electron chi connectivity index (χ1n) is 11.2. The second kappa shape index (κ2) is 8.17. The summed E-state index contributed by atoms with van der Waals surface area (Å²) in [4.78, 5) is 19.8. The number of aromatic amines is 1. The molecular formula is C23H30N4O2. The van der Waals surface area contributed by atoms with Gasteiger partial charge in [0.15, 0.2) is 5.82 Å². The fraction of sp³-hybridized carbons (Fsp3) is 0.609. The van der Waals surface area contributed by atoms with Crippen molar-refractivity contribution in [3.05, 3.63) is 41.0 Å². The molecule has 0 spiro atoms. The van der Waals surface area contributed by atoms with Gasteiger partial charge < -0.3 is 9.64 Å². The van der Waals surface area contributed by atoms with E-state index in [2.05, 4.69) is 16.3 Å². The number of aromatic nitrogens is 3. The van der Waals surface area contributed by atoms with Crippen molar-refractivity contribution in [3.8, 4) is 5.75 Å². The number of piperidine rings is 1. The summed E-state index contributed by atoms with van der Waals surface area (Å²) >= 11 is 0. The van der Waals surface area contributed by atoms with Gasteiger partial charge in [0.2, 0.25) is 5.91 Å². The third-order valence-corrected chi connectivity index (χ3v) is 6.76. The highest BCUT2D eigenvalue weighted by Gasteiger charge is 2.29. The fourth-order valence-electron chi connectivity index (χ4n) is 5.08. The predicted molar refractivity (Wildman–Crippen MR) is 110 cm³/mol. The smallest absolute Gasteiger partial charge is 0.227 e. The molecule has 6 heteroatoms. The van der Waals surface area contributed by atoms with E-state index in [0.717, 1.165) is 61.9 Å². The van der Waals surface area contributed by atoms with Gasteiger partial charge in [0.05, 0.1) is 13.0 Å². The second-order valence-corrected chi connectivity index (χ2v) is 8.81. The minimum Gasteiger partial charge on any atom is -0.493 e. The van der Waals surface area contributed by atoms with Crippen LogP contribution in [0.3, 0.4) is 0 Å². The van der Waals surface area contributed by atoms with E-state index in [1.54, 1.807) is 0 Å². The van der Waals surface area contributed by atoms with Crippen molar-refractivity contribution in [2.75, 3.05) is 19.7 Å². The van der Waals surface area contributed by atoms with Crippen LogP contribution in [0.1, 0.15) is 79.6 Å². The maximum atomic E-state index is 12.9. The molecule has 1 aromatic heterocycles. The Labute approximate surface area is 172 Å². The Hall–Kier alpha value is -2.37. The molecule has 3 heterocycles. The van der Waals surface area contributed by atoms with Crippen LogP contribution in [0.25, 0.3) is 0 Å². The second-order valence-electron chi connectivity index (χ2n) is 8.81. The van der Waals surface area contributed by atoms with Crippen molar-refractivity contribution >= 4 is 5.91 Å². The van der Waals surface area contributed by atoms with Crippen molar-refractivity contribution in [2.24, 2.45) is 0 Å². The van der Waals surface area contributed by atoms with Gasteiger partial charge in [-0.25, -0.2) is 4.98 Å². The Kier molecular flexibility index (Phi) is 5.25. The Bertz CT molecular complexity index is 872. The van der Waals surface area contributed by atoms with Crippen LogP contribution in [-0.4, -0.2) is 45.7 Å². The van der Waals surface area contributed by atoms with E-state index in [0.29, 0.717) is 12.3 Å². The van der Waals surface area contributed by atoms with Crippen LogP contribution in [0.2, 0.25) is 0 Å². The molecule has 1 saturated heterocycles. The largest absolute Gasteiger partial charge is 0.493 e. The van der Waals surface area contributed by atoms with Crippen LogP contribution in [0.15, 0.2) is 18.2 Å². The predicted octanol–water partition coefficient (Wildman–Crippen LogP) is 3.74. The summed E-state index contributed by atoms with van der Waals surface area (Å²) in [6.07, 6.45) is 9.84. The lowest BCUT2D eigenvalue weighted by Crippen LogP contribution is -2.40. The van der Waals surface area contributed by atoms with Gasteiger partial charge in [0.1, 0.15) is 11.6 Å². The number of amides is 1. The molecule has 1 atom stereocenters. The van der Waals surface area contributed by atoms with Crippen LogP contribution < -0.4 is 4.74 Å².